The van der Waals surface area contributed by atoms with E-state index in [4.69, 9.17) is 11.6 Å². The van der Waals surface area contributed by atoms with Gasteiger partial charge in [0.05, 0.1) is 11.9 Å². The fourth-order valence-corrected chi connectivity index (χ4v) is 1.83. The quantitative estimate of drug-likeness (QED) is 0.534. The van der Waals surface area contributed by atoms with Crippen LogP contribution in [0, 0.1) is 10.1 Å². The first-order valence-corrected chi connectivity index (χ1v) is 6.20. The molecule has 1 aromatic carbocycles. The highest BCUT2D eigenvalue weighted by Gasteiger charge is 2.14. The van der Waals surface area contributed by atoms with Gasteiger partial charge in [0.2, 0.25) is 6.33 Å². The minimum absolute atomic E-state index is 0.244. The van der Waals surface area contributed by atoms with Gasteiger partial charge in [0, 0.05) is 10.1 Å². The van der Waals surface area contributed by atoms with Crippen LogP contribution in [0.2, 0.25) is 5.02 Å². The lowest BCUT2D eigenvalue weighted by Crippen LogP contribution is -2.01. The van der Waals surface area contributed by atoms with Crippen molar-refractivity contribution in [1.82, 2.24) is 29.8 Å². The lowest BCUT2D eigenvalue weighted by molar-refractivity contribution is -0.394. The van der Waals surface area contributed by atoms with E-state index in [1.165, 1.54) is 11.0 Å². The van der Waals surface area contributed by atoms with Crippen LogP contribution in [0.5, 0.6) is 0 Å². The van der Waals surface area contributed by atoms with E-state index in [1.807, 2.05) is 0 Å². The van der Waals surface area contributed by atoms with E-state index in [9.17, 15) is 10.1 Å². The zero-order valence-corrected chi connectivity index (χ0v) is 11.3. The minimum Gasteiger partial charge on any atom is -0.390 e. The fourth-order valence-electron chi connectivity index (χ4n) is 1.70. The van der Waals surface area contributed by atoms with Crippen LogP contribution in [-0.4, -0.2) is 34.7 Å². The van der Waals surface area contributed by atoms with E-state index >= 15 is 0 Å². The van der Waals surface area contributed by atoms with Crippen LogP contribution in [0.3, 0.4) is 0 Å². The molecule has 0 radical (unpaired) electrons. The van der Waals surface area contributed by atoms with Crippen LogP contribution in [0.1, 0.15) is 5.69 Å². The molecule has 0 saturated heterocycles. The molecular weight excluding hydrogens is 298 g/mol. The molecule has 3 rings (SSSR count). The summed E-state index contributed by atoms with van der Waals surface area (Å²) < 4.78 is 2.91. The minimum atomic E-state index is -0.652. The van der Waals surface area contributed by atoms with Gasteiger partial charge >= 0.3 is 5.95 Å². The Morgan fingerprint density at radius 1 is 1.29 bits per heavy atom. The van der Waals surface area contributed by atoms with Crippen molar-refractivity contribution < 1.29 is 4.92 Å². The maximum Gasteiger partial charge on any atom is 0.490 e. The van der Waals surface area contributed by atoms with Crippen LogP contribution in [-0.2, 0) is 6.54 Å². The Kier molecular flexibility index (Phi) is 3.32. The number of hydrogen-bond donors (Lipinski definition) is 0. The molecule has 0 fully saturated rings. The summed E-state index contributed by atoms with van der Waals surface area (Å²) in [6.45, 7) is 0.244. The number of aromatic nitrogens is 6. The molecule has 3 aromatic rings. The van der Waals surface area contributed by atoms with Crippen molar-refractivity contribution in [1.29, 1.82) is 0 Å². The Morgan fingerprint density at radius 3 is 2.71 bits per heavy atom. The highest BCUT2D eigenvalue weighted by Crippen LogP contribution is 2.13. The van der Waals surface area contributed by atoms with E-state index in [0.717, 1.165) is 5.69 Å². The summed E-state index contributed by atoms with van der Waals surface area (Å²) in [6.07, 6.45) is 2.98. The van der Waals surface area contributed by atoms with Crippen molar-refractivity contribution in [2.45, 2.75) is 6.54 Å². The van der Waals surface area contributed by atoms with Gasteiger partial charge in [-0.25, -0.2) is 4.68 Å². The van der Waals surface area contributed by atoms with E-state index in [0.29, 0.717) is 10.7 Å². The number of benzene rings is 1. The highest BCUT2D eigenvalue weighted by atomic mass is 35.5. The predicted molar refractivity (Wildman–Crippen MR) is 72.1 cm³/mol. The van der Waals surface area contributed by atoms with Gasteiger partial charge in [-0.3, -0.25) is 0 Å². The molecule has 0 spiro atoms. The smallest absolute Gasteiger partial charge is 0.390 e. The Morgan fingerprint density at radius 2 is 2.05 bits per heavy atom. The molecule has 9 nitrogen and oxygen atoms in total. The van der Waals surface area contributed by atoms with Crippen LogP contribution in [0.25, 0.3) is 5.69 Å². The second kappa shape index (κ2) is 5.29. The monoisotopic (exact) mass is 305 g/mol. The largest absolute Gasteiger partial charge is 0.490 e. The van der Waals surface area contributed by atoms with Crippen molar-refractivity contribution in [2.75, 3.05) is 0 Å². The normalized spacial score (nSPS) is 10.7. The lowest BCUT2D eigenvalue weighted by Gasteiger charge is -1.98. The summed E-state index contributed by atoms with van der Waals surface area (Å²) in [5.41, 5.74) is 1.41. The van der Waals surface area contributed by atoms with Crippen LogP contribution in [0.4, 0.5) is 5.95 Å². The van der Waals surface area contributed by atoms with Gasteiger partial charge in [-0.15, -0.1) is 5.10 Å². The van der Waals surface area contributed by atoms with E-state index < -0.39 is 10.9 Å². The second-order valence-electron chi connectivity index (χ2n) is 4.13. The fraction of sp³-hybridized carbons (Fsp3) is 0.0909. The summed E-state index contributed by atoms with van der Waals surface area (Å²) in [5, 5.41) is 22.8. The van der Waals surface area contributed by atoms with Crippen LogP contribution >= 0.6 is 11.6 Å². The van der Waals surface area contributed by atoms with E-state index in [-0.39, 0.29) is 6.54 Å². The molecule has 21 heavy (non-hydrogen) atoms. The molecule has 0 aliphatic heterocycles. The van der Waals surface area contributed by atoms with Crippen molar-refractivity contribution >= 4 is 17.5 Å². The summed E-state index contributed by atoms with van der Waals surface area (Å²) in [4.78, 5) is 13.4. The van der Waals surface area contributed by atoms with Gasteiger partial charge in [-0.2, -0.15) is 4.68 Å². The van der Waals surface area contributed by atoms with Crippen molar-refractivity contribution in [3.63, 3.8) is 0 Å². The van der Waals surface area contributed by atoms with Gasteiger partial charge in [0.15, 0.2) is 0 Å². The Labute approximate surface area is 122 Å². The first-order valence-electron chi connectivity index (χ1n) is 5.83. The average molecular weight is 306 g/mol. The number of rotatable bonds is 4. The van der Waals surface area contributed by atoms with E-state index in [2.05, 4.69) is 20.4 Å². The number of hydrogen-bond acceptors (Lipinski definition) is 6. The Bertz CT molecular complexity index is 780. The van der Waals surface area contributed by atoms with Crippen LogP contribution in [0.15, 0.2) is 36.8 Å². The van der Waals surface area contributed by atoms with Crippen molar-refractivity contribution in [2.24, 2.45) is 0 Å². The first-order chi connectivity index (χ1) is 10.1. The molecule has 0 unspecified atom stereocenters. The molecule has 0 aliphatic carbocycles. The third kappa shape index (κ3) is 2.87. The molecule has 0 N–H and O–H groups in total. The van der Waals surface area contributed by atoms with Crippen molar-refractivity contribution in [3.05, 3.63) is 57.6 Å². The summed E-state index contributed by atoms with van der Waals surface area (Å²) in [7, 11) is 0. The van der Waals surface area contributed by atoms with Gasteiger partial charge in [-0.05, 0) is 29.2 Å². The zero-order chi connectivity index (χ0) is 14.8. The van der Waals surface area contributed by atoms with Gasteiger partial charge < -0.3 is 10.1 Å². The summed E-state index contributed by atoms with van der Waals surface area (Å²) >= 11 is 5.82. The third-order valence-electron chi connectivity index (χ3n) is 2.64. The Hall–Kier alpha value is -2.81. The third-order valence-corrected chi connectivity index (χ3v) is 2.90. The SMILES string of the molecule is O=[N+]([O-])c1ncn(Cc2cn(-c3ccc(Cl)cc3)nn2)n1. The summed E-state index contributed by atoms with van der Waals surface area (Å²) in [5.74, 6) is -0.444. The number of nitro groups is 1. The molecule has 2 aromatic heterocycles. The molecule has 2 heterocycles. The molecule has 10 heteroatoms. The van der Waals surface area contributed by atoms with Gasteiger partial charge in [0.1, 0.15) is 12.2 Å². The standard InChI is InChI=1S/C11H8ClN7O2/c12-8-1-3-10(4-2-8)18-6-9(14-16-18)5-17-7-13-11(15-17)19(20)21/h1-4,6-7H,5H2. The molecule has 0 amide bonds. The topological polar surface area (TPSA) is 105 Å². The predicted octanol–water partition coefficient (Wildman–Crippen LogP) is 1.47. The van der Waals surface area contributed by atoms with Gasteiger partial charge in [-0.1, -0.05) is 21.8 Å². The van der Waals surface area contributed by atoms with Crippen molar-refractivity contribution in [3.8, 4) is 5.69 Å². The van der Waals surface area contributed by atoms with E-state index in [1.54, 1.807) is 35.1 Å². The maximum absolute atomic E-state index is 10.5. The number of nitrogens with zero attached hydrogens (tertiary/aromatic N) is 7. The zero-order valence-electron chi connectivity index (χ0n) is 10.5. The molecule has 0 bridgehead atoms. The van der Waals surface area contributed by atoms with Gasteiger partial charge in [0.25, 0.3) is 0 Å². The van der Waals surface area contributed by atoms with Crippen LogP contribution < -0.4 is 0 Å². The molecule has 0 saturated carbocycles. The highest BCUT2D eigenvalue weighted by molar-refractivity contribution is 6.30. The average Bonchev–Trinajstić information content (AvgIpc) is 3.10. The maximum atomic E-state index is 10.5. The molecule has 0 atom stereocenters. The molecular formula is C11H8ClN7O2. The molecule has 106 valence electrons. The second-order valence-corrected chi connectivity index (χ2v) is 4.57. The lowest BCUT2D eigenvalue weighted by atomic mass is 10.3. The summed E-state index contributed by atoms with van der Waals surface area (Å²) in [6, 6.07) is 7.11. The Balaban J connectivity index is 1.78. The number of halogens is 1. The molecule has 0 aliphatic rings. The first kappa shape index (κ1) is 13.2.